The summed E-state index contributed by atoms with van der Waals surface area (Å²) in [7, 11) is 1.48. The molecule has 0 bridgehead atoms. The summed E-state index contributed by atoms with van der Waals surface area (Å²) in [5, 5.41) is 6.79. The second-order valence-corrected chi connectivity index (χ2v) is 6.58. The van der Waals surface area contributed by atoms with Gasteiger partial charge in [-0.05, 0) is 36.2 Å². The molecule has 0 aliphatic heterocycles. The van der Waals surface area contributed by atoms with E-state index >= 15 is 0 Å². The molecular formula is C21H20FN5O2. The predicted octanol–water partition coefficient (Wildman–Crippen LogP) is 3.18. The highest BCUT2D eigenvalue weighted by molar-refractivity contribution is 5.65. The molecule has 1 N–H and O–H groups in total. The molecule has 0 atom stereocenters. The fourth-order valence-electron chi connectivity index (χ4n) is 3.29. The van der Waals surface area contributed by atoms with E-state index in [4.69, 9.17) is 4.74 Å². The zero-order valence-electron chi connectivity index (χ0n) is 16.1. The number of nitrogens with one attached hydrogen (secondary N) is 1. The van der Waals surface area contributed by atoms with Crippen LogP contribution in [0.15, 0.2) is 59.9 Å². The molecule has 0 radical (unpaired) electrons. The van der Waals surface area contributed by atoms with E-state index in [1.165, 1.54) is 28.4 Å². The summed E-state index contributed by atoms with van der Waals surface area (Å²) in [6, 6.07) is 8.14. The number of pyridine rings is 1. The van der Waals surface area contributed by atoms with E-state index in [1.807, 2.05) is 19.2 Å². The monoisotopic (exact) mass is 393 g/mol. The quantitative estimate of drug-likeness (QED) is 0.546. The molecule has 0 fully saturated rings. The molecule has 3 heterocycles. The van der Waals surface area contributed by atoms with Gasteiger partial charge in [-0.3, -0.25) is 14.2 Å². The minimum atomic E-state index is -0.407. The molecule has 4 rings (SSSR count). The van der Waals surface area contributed by atoms with Crippen molar-refractivity contribution in [1.82, 2.24) is 24.3 Å². The van der Waals surface area contributed by atoms with Gasteiger partial charge in [-0.2, -0.15) is 5.10 Å². The molecule has 8 heteroatoms. The summed E-state index contributed by atoms with van der Waals surface area (Å²) >= 11 is 0. The fraction of sp³-hybridized carbons (Fsp3) is 0.190. The van der Waals surface area contributed by atoms with Crippen LogP contribution in [0.3, 0.4) is 0 Å². The van der Waals surface area contributed by atoms with Gasteiger partial charge in [-0.25, -0.2) is 14.2 Å². The van der Waals surface area contributed by atoms with Crippen LogP contribution in [0.25, 0.3) is 16.9 Å². The summed E-state index contributed by atoms with van der Waals surface area (Å²) in [6.07, 6.45) is 7.60. The lowest BCUT2D eigenvalue weighted by molar-refractivity contribution is 0.410. The third-order valence-electron chi connectivity index (χ3n) is 4.72. The Labute approximate surface area is 166 Å². The highest BCUT2D eigenvalue weighted by Crippen LogP contribution is 2.23. The van der Waals surface area contributed by atoms with Crippen molar-refractivity contribution in [3.05, 3.63) is 82.7 Å². The van der Waals surface area contributed by atoms with E-state index in [2.05, 4.69) is 15.2 Å². The van der Waals surface area contributed by atoms with Gasteiger partial charge in [0.25, 0.3) is 0 Å². The van der Waals surface area contributed by atoms with E-state index in [0.717, 1.165) is 16.8 Å². The van der Waals surface area contributed by atoms with Gasteiger partial charge in [0.15, 0.2) is 0 Å². The molecule has 0 saturated heterocycles. The number of nitrogens with zero attached hydrogens (tertiary/aromatic N) is 4. The molecule has 7 nitrogen and oxygen atoms in total. The molecule has 148 valence electrons. The fourth-order valence-corrected chi connectivity index (χ4v) is 3.29. The average molecular weight is 393 g/mol. The minimum Gasteiger partial charge on any atom is -0.497 e. The number of halogens is 1. The van der Waals surface area contributed by atoms with Crippen LogP contribution in [0.1, 0.15) is 18.2 Å². The number of imidazole rings is 1. The molecule has 3 aromatic heterocycles. The van der Waals surface area contributed by atoms with Gasteiger partial charge in [0.05, 0.1) is 25.5 Å². The average Bonchev–Trinajstić information content (AvgIpc) is 3.38. The maximum absolute atomic E-state index is 13.7. The van der Waals surface area contributed by atoms with E-state index < -0.39 is 5.82 Å². The molecule has 0 saturated carbocycles. The third kappa shape index (κ3) is 3.69. The number of hydrogen-bond acceptors (Lipinski definition) is 4. The number of aromatic amines is 1. The third-order valence-corrected chi connectivity index (χ3v) is 4.72. The Kier molecular flexibility index (Phi) is 4.99. The first-order valence-corrected chi connectivity index (χ1v) is 9.19. The maximum Gasteiger partial charge on any atom is 0.334 e. The summed E-state index contributed by atoms with van der Waals surface area (Å²) in [5.74, 6) is 0.544. The SMILES string of the molecule is CCc1nc(-n2ccn(Cc3cc(F)cc(OC)c3)c2=O)ccc1-c1cn[nH]c1. The first-order valence-electron chi connectivity index (χ1n) is 9.19. The van der Waals surface area contributed by atoms with E-state index in [1.54, 1.807) is 30.7 Å². The van der Waals surface area contributed by atoms with Crippen LogP contribution in [0.4, 0.5) is 4.39 Å². The molecule has 0 unspecified atom stereocenters. The van der Waals surface area contributed by atoms with Gasteiger partial charge in [0.1, 0.15) is 17.4 Å². The van der Waals surface area contributed by atoms with Crippen molar-refractivity contribution in [3.8, 4) is 22.7 Å². The Hall–Kier alpha value is -3.68. The zero-order chi connectivity index (χ0) is 20.4. The van der Waals surface area contributed by atoms with Crippen molar-refractivity contribution in [2.24, 2.45) is 0 Å². The van der Waals surface area contributed by atoms with Crippen LogP contribution >= 0.6 is 0 Å². The summed E-state index contributed by atoms with van der Waals surface area (Å²) < 4.78 is 21.8. The Bertz CT molecular complexity index is 1190. The lowest BCUT2D eigenvalue weighted by atomic mass is 10.1. The number of rotatable bonds is 6. The highest BCUT2D eigenvalue weighted by atomic mass is 19.1. The molecule has 4 aromatic rings. The second-order valence-electron chi connectivity index (χ2n) is 6.58. The van der Waals surface area contributed by atoms with Crippen LogP contribution in [-0.4, -0.2) is 31.4 Å². The Morgan fingerprint density at radius 3 is 2.79 bits per heavy atom. The minimum absolute atomic E-state index is 0.230. The number of H-pyrrole nitrogens is 1. The topological polar surface area (TPSA) is 77.7 Å². The first-order chi connectivity index (χ1) is 14.1. The van der Waals surface area contributed by atoms with E-state index in [0.29, 0.717) is 23.6 Å². The van der Waals surface area contributed by atoms with Crippen LogP contribution in [0.2, 0.25) is 0 Å². The highest BCUT2D eigenvalue weighted by Gasteiger charge is 2.12. The Morgan fingerprint density at radius 2 is 2.07 bits per heavy atom. The standard InChI is InChI=1S/C21H20FN5O2/c1-3-19-18(15-11-23-24-12-15)4-5-20(25-19)27-7-6-26(21(27)28)13-14-8-16(22)10-17(9-14)29-2/h4-12H,3,13H2,1-2H3,(H,23,24). The number of ether oxygens (including phenoxy) is 1. The van der Waals surface area contributed by atoms with Crippen molar-refractivity contribution < 1.29 is 9.13 Å². The number of methoxy groups -OCH3 is 1. The van der Waals surface area contributed by atoms with Crippen molar-refractivity contribution in [2.45, 2.75) is 19.9 Å². The predicted molar refractivity (Wildman–Crippen MR) is 107 cm³/mol. The molecule has 0 amide bonds. The summed E-state index contributed by atoms with van der Waals surface area (Å²) in [5.41, 5.74) is 3.19. The maximum atomic E-state index is 13.7. The van der Waals surface area contributed by atoms with Gasteiger partial charge in [0.2, 0.25) is 0 Å². The molecule has 0 aliphatic carbocycles. The van der Waals surface area contributed by atoms with Crippen molar-refractivity contribution in [2.75, 3.05) is 7.11 Å². The van der Waals surface area contributed by atoms with Gasteiger partial charge >= 0.3 is 5.69 Å². The molecule has 0 aliphatic rings. The van der Waals surface area contributed by atoms with Crippen molar-refractivity contribution in [1.29, 1.82) is 0 Å². The van der Waals surface area contributed by atoms with Crippen molar-refractivity contribution >= 4 is 0 Å². The zero-order valence-corrected chi connectivity index (χ0v) is 16.1. The number of hydrogen-bond donors (Lipinski definition) is 1. The smallest absolute Gasteiger partial charge is 0.334 e. The molecule has 0 spiro atoms. The summed E-state index contributed by atoms with van der Waals surface area (Å²) in [6.45, 7) is 2.24. The first kappa shape index (κ1) is 18.7. The normalized spacial score (nSPS) is 11.0. The van der Waals surface area contributed by atoms with E-state index in [9.17, 15) is 9.18 Å². The largest absolute Gasteiger partial charge is 0.497 e. The van der Waals surface area contributed by atoms with Crippen LogP contribution in [-0.2, 0) is 13.0 Å². The lowest BCUT2D eigenvalue weighted by Crippen LogP contribution is -2.24. The van der Waals surface area contributed by atoms with Crippen molar-refractivity contribution in [3.63, 3.8) is 0 Å². The molecule has 1 aromatic carbocycles. The number of benzene rings is 1. The Morgan fingerprint density at radius 1 is 1.21 bits per heavy atom. The van der Waals surface area contributed by atoms with Crippen LogP contribution in [0, 0.1) is 5.82 Å². The van der Waals surface area contributed by atoms with Gasteiger partial charge in [0, 0.05) is 35.8 Å². The Balaban J connectivity index is 1.67. The van der Waals surface area contributed by atoms with Gasteiger partial charge in [-0.1, -0.05) is 6.92 Å². The van der Waals surface area contributed by atoms with Crippen LogP contribution in [0.5, 0.6) is 5.75 Å². The van der Waals surface area contributed by atoms with E-state index in [-0.39, 0.29) is 12.2 Å². The van der Waals surface area contributed by atoms with Gasteiger partial charge < -0.3 is 4.74 Å². The second kappa shape index (κ2) is 7.75. The number of aryl methyl sites for hydroxylation is 1. The van der Waals surface area contributed by atoms with Gasteiger partial charge in [-0.15, -0.1) is 0 Å². The number of aromatic nitrogens is 5. The lowest BCUT2D eigenvalue weighted by Gasteiger charge is -2.09. The summed E-state index contributed by atoms with van der Waals surface area (Å²) in [4.78, 5) is 17.5. The van der Waals surface area contributed by atoms with Crippen LogP contribution < -0.4 is 10.4 Å². The molecule has 29 heavy (non-hydrogen) atoms. The molecular weight excluding hydrogens is 373 g/mol.